The molecule has 4 rings (SSSR count). The summed E-state index contributed by atoms with van der Waals surface area (Å²) in [5, 5.41) is 0. The lowest BCUT2D eigenvalue weighted by Gasteiger charge is -2.12. The highest BCUT2D eigenvalue weighted by atomic mass is 14.9. The quantitative estimate of drug-likeness (QED) is 0.764. The molecule has 1 aromatic carbocycles. The van der Waals surface area contributed by atoms with Gasteiger partial charge in [-0.15, -0.1) is 0 Å². The van der Waals surface area contributed by atoms with Crippen LogP contribution in [0.3, 0.4) is 0 Å². The topological polar surface area (TPSA) is 67.6 Å². The molecule has 0 aliphatic heterocycles. The first-order valence-electron chi connectivity index (χ1n) is 6.92. The van der Waals surface area contributed by atoms with E-state index in [0.29, 0.717) is 0 Å². The maximum absolute atomic E-state index is 5.91. The summed E-state index contributed by atoms with van der Waals surface area (Å²) in [7, 11) is 0. The zero-order chi connectivity index (χ0) is 13.6. The molecule has 0 radical (unpaired) electrons. The number of hydrogen-bond acceptors (Lipinski definition) is 3. The van der Waals surface area contributed by atoms with Crippen LogP contribution in [0.5, 0.6) is 0 Å². The van der Waals surface area contributed by atoms with Gasteiger partial charge >= 0.3 is 0 Å². The van der Waals surface area contributed by atoms with Crippen LogP contribution in [-0.4, -0.2) is 21.5 Å². The third-order valence-electron chi connectivity index (χ3n) is 4.25. The molecule has 20 heavy (non-hydrogen) atoms. The third kappa shape index (κ3) is 1.72. The molecule has 1 aliphatic carbocycles. The molecule has 1 saturated carbocycles. The molecule has 2 aromatic heterocycles. The molecule has 4 nitrogen and oxygen atoms in total. The Morgan fingerprint density at radius 3 is 2.80 bits per heavy atom. The highest BCUT2D eigenvalue weighted by Crippen LogP contribution is 2.47. The van der Waals surface area contributed by atoms with Gasteiger partial charge in [-0.1, -0.05) is 12.1 Å². The number of hydrogen-bond donors (Lipinski definition) is 2. The standard InChI is InChI=1S/C16H16N4/c17-10-16(6-7-16)11-4-5-12-14(9-11)20-15(19-12)13-3-1-2-8-18-13/h1-5,8-9H,6-7,10,17H2,(H,19,20). The van der Waals surface area contributed by atoms with Gasteiger partial charge in [0.2, 0.25) is 0 Å². The lowest BCUT2D eigenvalue weighted by atomic mass is 9.96. The number of imidazole rings is 1. The van der Waals surface area contributed by atoms with E-state index in [-0.39, 0.29) is 5.41 Å². The second kappa shape index (κ2) is 4.15. The molecule has 100 valence electrons. The largest absolute Gasteiger partial charge is 0.337 e. The van der Waals surface area contributed by atoms with Crippen molar-refractivity contribution in [2.75, 3.05) is 6.54 Å². The Bertz CT molecular complexity index is 757. The number of nitrogens with two attached hydrogens (primary N) is 1. The Morgan fingerprint density at radius 1 is 1.20 bits per heavy atom. The van der Waals surface area contributed by atoms with Crippen LogP contribution in [-0.2, 0) is 5.41 Å². The van der Waals surface area contributed by atoms with Crippen molar-refractivity contribution in [3.8, 4) is 11.5 Å². The summed E-state index contributed by atoms with van der Waals surface area (Å²) in [5.74, 6) is 0.815. The van der Waals surface area contributed by atoms with Gasteiger partial charge < -0.3 is 10.7 Å². The van der Waals surface area contributed by atoms with Gasteiger partial charge in [0.25, 0.3) is 0 Å². The van der Waals surface area contributed by atoms with Crippen LogP contribution in [0.2, 0.25) is 0 Å². The number of aromatic nitrogens is 3. The molecule has 0 amide bonds. The molecule has 3 aromatic rings. The zero-order valence-electron chi connectivity index (χ0n) is 11.1. The van der Waals surface area contributed by atoms with Crippen LogP contribution >= 0.6 is 0 Å². The Balaban J connectivity index is 1.80. The van der Waals surface area contributed by atoms with Crippen molar-refractivity contribution >= 4 is 11.0 Å². The second-order valence-electron chi connectivity index (χ2n) is 5.52. The fourth-order valence-corrected chi connectivity index (χ4v) is 2.73. The van der Waals surface area contributed by atoms with E-state index in [2.05, 4.69) is 33.2 Å². The normalized spacial score (nSPS) is 16.4. The van der Waals surface area contributed by atoms with Crippen molar-refractivity contribution in [1.82, 2.24) is 15.0 Å². The predicted octanol–water partition coefficient (Wildman–Crippen LogP) is 2.62. The van der Waals surface area contributed by atoms with Gasteiger partial charge in [-0.05, 0) is 42.7 Å². The first-order valence-corrected chi connectivity index (χ1v) is 6.92. The van der Waals surface area contributed by atoms with Crippen molar-refractivity contribution in [2.24, 2.45) is 5.73 Å². The minimum absolute atomic E-state index is 0.213. The van der Waals surface area contributed by atoms with Gasteiger partial charge in [0.05, 0.1) is 11.0 Å². The lowest BCUT2D eigenvalue weighted by Crippen LogP contribution is -2.19. The molecule has 1 fully saturated rings. The molecule has 0 bridgehead atoms. The van der Waals surface area contributed by atoms with Crippen LogP contribution in [0.1, 0.15) is 18.4 Å². The Hall–Kier alpha value is -2.20. The number of nitrogens with zero attached hydrogens (tertiary/aromatic N) is 2. The summed E-state index contributed by atoms with van der Waals surface area (Å²) in [6.07, 6.45) is 4.16. The van der Waals surface area contributed by atoms with Gasteiger partial charge in [0, 0.05) is 18.2 Å². The van der Waals surface area contributed by atoms with Crippen molar-refractivity contribution in [1.29, 1.82) is 0 Å². The average molecular weight is 264 g/mol. The third-order valence-corrected chi connectivity index (χ3v) is 4.25. The highest BCUT2D eigenvalue weighted by molar-refractivity contribution is 5.79. The first kappa shape index (κ1) is 11.6. The van der Waals surface area contributed by atoms with E-state index in [9.17, 15) is 0 Å². The summed E-state index contributed by atoms with van der Waals surface area (Å²) in [5.41, 5.74) is 10.3. The number of fused-ring (bicyclic) bond motifs is 1. The number of H-pyrrole nitrogens is 1. The molecule has 4 heteroatoms. The van der Waals surface area contributed by atoms with Gasteiger partial charge in [-0.25, -0.2) is 4.98 Å². The fourth-order valence-electron chi connectivity index (χ4n) is 2.73. The van der Waals surface area contributed by atoms with Crippen molar-refractivity contribution in [3.05, 3.63) is 48.2 Å². The van der Waals surface area contributed by atoms with Crippen molar-refractivity contribution in [2.45, 2.75) is 18.3 Å². The molecule has 0 unspecified atom stereocenters. The van der Waals surface area contributed by atoms with E-state index in [4.69, 9.17) is 5.73 Å². The smallest absolute Gasteiger partial charge is 0.157 e. The number of aromatic amines is 1. The summed E-state index contributed by atoms with van der Waals surface area (Å²) < 4.78 is 0. The van der Waals surface area contributed by atoms with Crippen LogP contribution in [0, 0.1) is 0 Å². The van der Waals surface area contributed by atoms with Crippen LogP contribution in [0.15, 0.2) is 42.6 Å². The molecular formula is C16H16N4. The molecule has 3 N–H and O–H groups in total. The van der Waals surface area contributed by atoms with E-state index in [1.54, 1.807) is 6.20 Å². The molecule has 0 atom stereocenters. The number of pyridine rings is 1. The van der Waals surface area contributed by atoms with E-state index >= 15 is 0 Å². The molecular weight excluding hydrogens is 248 g/mol. The Kier molecular flexibility index (Phi) is 2.41. The fraction of sp³-hybridized carbons (Fsp3) is 0.250. The maximum Gasteiger partial charge on any atom is 0.157 e. The second-order valence-corrected chi connectivity index (χ2v) is 5.52. The van der Waals surface area contributed by atoms with Crippen LogP contribution < -0.4 is 5.73 Å². The summed E-state index contributed by atoms with van der Waals surface area (Å²) >= 11 is 0. The Morgan fingerprint density at radius 2 is 2.10 bits per heavy atom. The minimum atomic E-state index is 0.213. The van der Waals surface area contributed by atoms with Gasteiger partial charge in [-0.3, -0.25) is 4.98 Å². The van der Waals surface area contributed by atoms with Crippen molar-refractivity contribution < 1.29 is 0 Å². The van der Waals surface area contributed by atoms with E-state index in [1.807, 2.05) is 18.2 Å². The monoisotopic (exact) mass is 264 g/mol. The van der Waals surface area contributed by atoms with E-state index in [1.165, 1.54) is 18.4 Å². The van der Waals surface area contributed by atoms with Crippen molar-refractivity contribution in [3.63, 3.8) is 0 Å². The zero-order valence-corrected chi connectivity index (χ0v) is 11.1. The van der Waals surface area contributed by atoms with Gasteiger partial charge in [-0.2, -0.15) is 0 Å². The number of benzene rings is 1. The number of nitrogens with one attached hydrogen (secondary N) is 1. The van der Waals surface area contributed by atoms with Gasteiger partial charge in [0.15, 0.2) is 5.82 Å². The lowest BCUT2D eigenvalue weighted by molar-refractivity contribution is 0.706. The first-order chi connectivity index (χ1) is 9.81. The van der Waals surface area contributed by atoms with Crippen LogP contribution in [0.25, 0.3) is 22.6 Å². The van der Waals surface area contributed by atoms with Gasteiger partial charge in [0.1, 0.15) is 5.69 Å². The minimum Gasteiger partial charge on any atom is -0.337 e. The van der Waals surface area contributed by atoms with E-state index in [0.717, 1.165) is 29.1 Å². The maximum atomic E-state index is 5.91. The van der Waals surface area contributed by atoms with Crippen LogP contribution in [0.4, 0.5) is 0 Å². The molecule has 2 heterocycles. The SMILES string of the molecule is NCC1(c2ccc3nc(-c4ccccn4)[nH]c3c2)CC1. The van der Waals surface area contributed by atoms with E-state index < -0.39 is 0 Å². The average Bonchev–Trinajstić information content (AvgIpc) is 3.20. The molecule has 0 saturated heterocycles. The molecule has 0 spiro atoms. The predicted molar refractivity (Wildman–Crippen MR) is 79.3 cm³/mol. The highest BCUT2D eigenvalue weighted by Gasteiger charge is 2.42. The molecule has 1 aliphatic rings. The summed E-state index contributed by atoms with van der Waals surface area (Å²) in [6.45, 7) is 0.722. The number of rotatable bonds is 3. The summed E-state index contributed by atoms with van der Waals surface area (Å²) in [6, 6.07) is 12.3. The summed E-state index contributed by atoms with van der Waals surface area (Å²) in [4.78, 5) is 12.3. The Labute approximate surface area is 117 Å².